The summed E-state index contributed by atoms with van der Waals surface area (Å²) in [5, 5.41) is 47.8. The van der Waals surface area contributed by atoms with E-state index in [2.05, 4.69) is 61.6 Å². The summed E-state index contributed by atoms with van der Waals surface area (Å²) in [6, 6.07) is 2.32. The van der Waals surface area contributed by atoms with Crippen LogP contribution in [0.15, 0.2) is 48.0 Å². The molecule has 0 bridgehead atoms. The van der Waals surface area contributed by atoms with E-state index in [9.17, 15) is 25.2 Å². The molecule has 1 aromatic heterocycles. The standard InChI is InChI=1S/C48H79N3O5/c1-4-5-8-13-35-18-19-39(45(53)27-35)16-11-7-12-17-43(47(54)55)44(52)20-22-48(56)31-37(25-36-21-23-50-46(49)28-36)26-41(48)30-42-29-40(32-51-42)34(3)24-33(2)38-14-9-6-10-15-38/h18-19,21,28-29,32-35,37-39,41,43-45,50-53,56H,4-17,20,22-27,30-31,49H2,1-3H3,(H,54,55). The van der Waals surface area contributed by atoms with Gasteiger partial charge in [0.15, 0.2) is 0 Å². The Kier molecular flexibility index (Phi) is 17.5. The zero-order chi connectivity index (χ0) is 40.1. The molecular formula is C48H79N3O5. The fourth-order valence-electron chi connectivity index (χ4n) is 11.1. The molecule has 2 saturated carbocycles. The first-order chi connectivity index (χ1) is 26.9. The molecule has 316 valence electrons. The average molecular weight is 778 g/mol. The normalized spacial score (nSPS) is 29.3. The highest BCUT2D eigenvalue weighted by Crippen LogP contribution is 2.47. The molecule has 5 rings (SSSR count). The summed E-state index contributed by atoms with van der Waals surface area (Å²) in [5.41, 5.74) is 8.80. The van der Waals surface area contributed by atoms with Gasteiger partial charge in [0.2, 0.25) is 0 Å². The van der Waals surface area contributed by atoms with Crippen molar-refractivity contribution in [1.82, 2.24) is 10.3 Å². The summed E-state index contributed by atoms with van der Waals surface area (Å²) in [7, 11) is 0. The molecule has 0 radical (unpaired) electrons. The summed E-state index contributed by atoms with van der Waals surface area (Å²) >= 11 is 0. The molecule has 0 spiro atoms. The number of nitrogens with one attached hydrogen (secondary N) is 2. The van der Waals surface area contributed by atoms with Gasteiger partial charge >= 0.3 is 5.97 Å². The van der Waals surface area contributed by atoms with E-state index in [1.165, 1.54) is 68.9 Å². The molecule has 2 fully saturated rings. The molecule has 3 aliphatic carbocycles. The summed E-state index contributed by atoms with van der Waals surface area (Å²) in [4.78, 5) is 16.0. The number of carboxylic acid groups (broad SMARTS) is 1. The van der Waals surface area contributed by atoms with Gasteiger partial charge in [0.05, 0.1) is 29.5 Å². The molecule has 10 unspecified atom stereocenters. The van der Waals surface area contributed by atoms with Crippen molar-refractivity contribution in [2.45, 2.75) is 186 Å². The predicted octanol–water partition coefficient (Wildman–Crippen LogP) is 9.67. The maximum Gasteiger partial charge on any atom is 0.309 e. The second-order valence-electron chi connectivity index (χ2n) is 19.0. The van der Waals surface area contributed by atoms with Crippen LogP contribution in [0.25, 0.3) is 0 Å². The highest BCUT2D eigenvalue weighted by molar-refractivity contribution is 5.70. The zero-order valence-corrected chi connectivity index (χ0v) is 35.3. The van der Waals surface area contributed by atoms with Gasteiger partial charge in [-0.05, 0) is 129 Å². The number of hydrogen-bond donors (Lipinski definition) is 7. The molecule has 56 heavy (non-hydrogen) atoms. The van der Waals surface area contributed by atoms with Crippen molar-refractivity contribution in [1.29, 1.82) is 0 Å². The first kappa shape index (κ1) is 44.6. The van der Waals surface area contributed by atoms with Crippen molar-refractivity contribution < 1.29 is 25.2 Å². The van der Waals surface area contributed by atoms with Crippen LogP contribution in [0.4, 0.5) is 0 Å². The third-order valence-electron chi connectivity index (χ3n) is 14.6. The number of allylic oxidation sites excluding steroid dienone is 3. The van der Waals surface area contributed by atoms with E-state index in [4.69, 9.17) is 5.73 Å². The Hall–Kier alpha value is -2.55. The second-order valence-corrected chi connectivity index (χ2v) is 19.0. The largest absolute Gasteiger partial charge is 0.481 e. The molecule has 8 nitrogen and oxygen atoms in total. The van der Waals surface area contributed by atoms with Crippen LogP contribution in [0.3, 0.4) is 0 Å². The number of hydrogen-bond acceptors (Lipinski definition) is 6. The Morgan fingerprint density at radius 1 is 1.00 bits per heavy atom. The van der Waals surface area contributed by atoms with Gasteiger partial charge in [-0.25, -0.2) is 0 Å². The van der Waals surface area contributed by atoms with E-state index in [0.29, 0.717) is 43.5 Å². The van der Waals surface area contributed by atoms with E-state index in [1.54, 1.807) is 0 Å². The Labute approximate surface area is 339 Å². The highest BCUT2D eigenvalue weighted by Gasteiger charge is 2.46. The highest BCUT2D eigenvalue weighted by atomic mass is 16.4. The van der Waals surface area contributed by atoms with Crippen LogP contribution < -0.4 is 11.1 Å². The second kappa shape index (κ2) is 22.0. The smallest absolute Gasteiger partial charge is 0.309 e. The third-order valence-corrected chi connectivity index (χ3v) is 14.6. The van der Waals surface area contributed by atoms with Crippen molar-refractivity contribution >= 4 is 5.97 Å². The lowest BCUT2D eigenvalue weighted by atomic mass is 9.76. The first-order valence-electron chi connectivity index (χ1n) is 23.0. The molecule has 0 aromatic carbocycles. The maximum atomic E-state index is 12.4. The molecule has 1 aliphatic heterocycles. The summed E-state index contributed by atoms with van der Waals surface area (Å²) in [6.07, 6.45) is 30.9. The minimum atomic E-state index is -1.01. The number of aliphatic carboxylic acids is 1. The zero-order valence-electron chi connectivity index (χ0n) is 35.3. The number of H-pyrrole nitrogens is 1. The van der Waals surface area contributed by atoms with E-state index < -0.39 is 23.6 Å². The summed E-state index contributed by atoms with van der Waals surface area (Å²) in [5.74, 6) is 1.85. The third kappa shape index (κ3) is 13.2. The number of carbonyl (C=O) groups is 1. The molecular weight excluding hydrogens is 699 g/mol. The Bertz CT molecular complexity index is 1430. The summed E-state index contributed by atoms with van der Waals surface area (Å²) in [6.45, 7) is 7.72. The maximum absolute atomic E-state index is 12.4. The topological polar surface area (TPSA) is 152 Å². The van der Waals surface area contributed by atoms with E-state index in [1.807, 2.05) is 6.08 Å². The number of nitrogens with two attached hydrogens (primary N) is 1. The van der Waals surface area contributed by atoms with Crippen molar-refractivity contribution in [2.75, 3.05) is 6.54 Å². The fraction of sp³-hybridized carbons (Fsp3) is 0.771. The molecule has 1 aromatic rings. The van der Waals surface area contributed by atoms with E-state index in [-0.39, 0.29) is 30.3 Å². The van der Waals surface area contributed by atoms with Gasteiger partial charge in [-0.3, -0.25) is 4.79 Å². The molecule has 2 heterocycles. The molecule has 8 heteroatoms. The number of aromatic nitrogens is 1. The van der Waals surface area contributed by atoms with Crippen LogP contribution >= 0.6 is 0 Å². The van der Waals surface area contributed by atoms with Crippen LogP contribution in [0, 0.1) is 41.4 Å². The Morgan fingerprint density at radius 3 is 2.52 bits per heavy atom. The molecule has 0 amide bonds. The van der Waals surface area contributed by atoms with Crippen LogP contribution in [-0.2, 0) is 11.2 Å². The minimum Gasteiger partial charge on any atom is -0.481 e. The molecule has 8 N–H and O–H groups in total. The van der Waals surface area contributed by atoms with Gasteiger partial charge in [0.25, 0.3) is 0 Å². The first-order valence-corrected chi connectivity index (χ1v) is 23.0. The van der Waals surface area contributed by atoms with Gasteiger partial charge in [-0.1, -0.05) is 110 Å². The number of carboxylic acids is 1. The van der Waals surface area contributed by atoms with Crippen molar-refractivity contribution in [3.05, 3.63) is 59.2 Å². The van der Waals surface area contributed by atoms with Crippen LogP contribution in [-0.4, -0.2) is 55.7 Å². The van der Waals surface area contributed by atoms with Crippen molar-refractivity contribution in [2.24, 2.45) is 47.2 Å². The number of aliphatic hydroxyl groups excluding tert-OH is 2. The molecule has 4 aliphatic rings. The van der Waals surface area contributed by atoms with Crippen LogP contribution in [0.5, 0.6) is 0 Å². The predicted molar refractivity (Wildman–Crippen MR) is 228 cm³/mol. The van der Waals surface area contributed by atoms with Gasteiger partial charge in [0.1, 0.15) is 0 Å². The number of rotatable bonds is 23. The SMILES string of the molecule is CCCCCC1C=CC(CCCCCC(C(=O)O)C(O)CCC2(O)CC(CC3=CCNC(N)=C3)CC2Cc2cc(C(C)CC(C)C3CCCCC3)c[nH]2)C(O)C1. The fourth-order valence-corrected chi connectivity index (χ4v) is 11.1. The van der Waals surface area contributed by atoms with E-state index in [0.717, 1.165) is 75.3 Å². The molecule has 10 atom stereocenters. The lowest BCUT2D eigenvalue weighted by Gasteiger charge is -2.32. The van der Waals surface area contributed by atoms with Gasteiger partial charge in [0, 0.05) is 24.4 Å². The minimum absolute atomic E-state index is 0.00500. The Balaban J connectivity index is 1.14. The van der Waals surface area contributed by atoms with Crippen LogP contribution in [0.2, 0.25) is 0 Å². The van der Waals surface area contributed by atoms with Crippen molar-refractivity contribution in [3.8, 4) is 0 Å². The number of unbranched alkanes of at least 4 members (excludes halogenated alkanes) is 4. The van der Waals surface area contributed by atoms with Crippen molar-refractivity contribution in [3.63, 3.8) is 0 Å². The lowest BCUT2D eigenvalue weighted by molar-refractivity contribution is -0.146. The Morgan fingerprint density at radius 2 is 1.79 bits per heavy atom. The number of aliphatic hydroxyl groups is 3. The number of dihydropyridines is 1. The lowest BCUT2D eigenvalue weighted by Crippen LogP contribution is -2.37. The summed E-state index contributed by atoms with van der Waals surface area (Å²) < 4.78 is 0. The monoisotopic (exact) mass is 778 g/mol. The van der Waals surface area contributed by atoms with Gasteiger partial charge in [-0.15, -0.1) is 0 Å². The van der Waals surface area contributed by atoms with E-state index >= 15 is 0 Å². The molecule has 0 saturated heterocycles. The average Bonchev–Trinajstić information content (AvgIpc) is 3.77. The number of aromatic amines is 1. The van der Waals surface area contributed by atoms with Crippen LogP contribution in [0.1, 0.15) is 173 Å². The van der Waals surface area contributed by atoms with Gasteiger partial charge < -0.3 is 36.5 Å². The quantitative estimate of drug-likeness (QED) is 0.0432. The van der Waals surface area contributed by atoms with Gasteiger partial charge in [-0.2, -0.15) is 0 Å².